The van der Waals surface area contributed by atoms with Gasteiger partial charge in [0, 0.05) is 0 Å². The van der Waals surface area contributed by atoms with Gasteiger partial charge in [-0.05, 0) is 0 Å². The lowest BCUT2D eigenvalue weighted by molar-refractivity contribution is -0.150. The van der Waals surface area contributed by atoms with Crippen molar-refractivity contribution in [2.75, 3.05) is 0 Å². The average Bonchev–Trinajstić information content (AvgIpc) is 1.83. The van der Waals surface area contributed by atoms with Gasteiger partial charge in [-0.3, -0.25) is 0 Å². The molecule has 0 heterocycles. The highest BCUT2D eigenvalue weighted by atomic mass is 32.3. The average molecular weight is 208 g/mol. The van der Waals surface area contributed by atoms with Gasteiger partial charge < -0.3 is 4.43 Å². The Bertz CT molecular complexity index is 259. The molecule has 0 fully saturated rings. The van der Waals surface area contributed by atoms with Crippen molar-refractivity contribution in [3.63, 3.8) is 0 Å². The van der Waals surface area contributed by atoms with E-state index >= 15 is 0 Å². The lowest BCUT2D eigenvalue weighted by Gasteiger charge is -2.07. The third-order valence-electron chi connectivity index (χ3n) is 0.729. The largest absolute Gasteiger partial charge is 0.523 e. The standard InChI is InChI=1S/C2H3F3O4SSi/c3-2(4,1(6)9-11)10(5,7)8/h11H3. The molecule has 66 valence electrons. The molecular weight excluding hydrogens is 205 g/mol. The van der Waals surface area contributed by atoms with Crippen molar-refractivity contribution < 1.29 is 30.3 Å². The Labute approximate surface area is 63.1 Å². The van der Waals surface area contributed by atoms with Crippen LogP contribution in [0.2, 0.25) is 0 Å². The van der Waals surface area contributed by atoms with Crippen LogP contribution in [0, 0.1) is 0 Å². The van der Waals surface area contributed by atoms with Crippen molar-refractivity contribution in [2.24, 2.45) is 0 Å². The highest BCUT2D eigenvalue weighted by Gasteiger charge is 2.54. The van der Waals surface area contributed by atoms with E-state index in [0.717, 1.165) is 0 Å². The van der Waals surface area contributed by atoms with Crippen LogP contribution in [-0.4, -0.2) is 30.1 Å². The van der Waals surface area contributed by atoms with Gasteiger partial charge in [0.05, 0.1) is 0 Å². The quantitative estimate of drug-likeness (QED) is 0.418. The van der Waals surface area contributed by atoms with E-state index in [-0.39, 0.29) is 0 Å². The summed E-state index contributed by atoms with van der Waals surface area (Å²) in [7, 11) is -6.62. The predicted octanol–water partition coefficient (Wildman–Crippen LogP) is -1.30. The van der Waals surface area contributed by atoms with Gasteiger partial charge in [-0.15, -0.1) is 0 Å². The molecule has 0 radical (unpaired) electrons. The topological polar surface area (TPSA) is 60.4 Å². The summed E-state index contributed by atoms with van der Waals surface area (Å²) in [4.78, 5) is 9.92. The lowest BCUT2D eigenvalue weighted by atomic mass is 10.7. The van der Waals surface area contributed by atoms with Gasteiger partial charge in [0.15, 0.2) is 0 Å². The van der Waals surface area contributed by atoms with E-state index in [9.17, 15) is 25.9 Å². The minimum absolute atomic E-state index is 0.423. The molecule has 0 aromatic heterocycles. The number of alkyl halides is 2. The van der Waals surface area contributed by atoms with Crippen molar-refractivity contribution in [1.82, 2.24) is 0 Å². The summed E-state index contributed by atoms with van der Waals surface area (Å²) in [6.45, 7) is 0. The molecule has 0 saturated heterocycles. The normalized spacial score (nSPS) is 13.0. The summed E-state index contributed by atoms with van der Waals surface area (Å²) < 4.78 is 57.9. The summed E-state index contributed by atoms with van der Waals surface area (Å²) in [6, 6.07) is 0. The molecule has 0 unspecified atom stereocenters. The number of carbonyl (C=O) groups is 1. The minimum Gasteiger partial charge on any atom is -0.523 e. The molecule has 0 aromatic rings. The van der Waals surface area contributed by atoms with Crippen molar-refractivity contribution in [2.45, 2.75) is 5.25 Å². The molecule has 0 saturated carbocycles. The van der Waals surface area contributed by atoms with Crippen LogP contribution >= 0.6 is 0 Å². The van der Waals surface area contributed by atoms with Crippen molar-refractivity contribution >= 4 is 26.7 Å². The molecule has 11 heavy (non-hydrogen) atoms. The maximum atomic E-state index is 11.9. The number of carbonyl (C=O) groups excluding carboxylic acids is 1. The maximum Gasteiger partial charge on any atom is 0.468 e. The first-order valence-corrected chi connectivity index (χ1v) is 4.34. The third-order valence-corrected chi connectivity index (χ3v) is 1.88. The fraction of sp³-hybridized carbons (Fsp3) is 0.500. The van der Waals surface area contributed by atoms with E-state index in [2.05, 4.69) is 4.43 Å². The van der Waals surface area contributed by atoms with Crippen LogP contribution in [0.25, 0.3) is 0 Å². The summed E-state index contributed by atoms with van der Waals surface area (Å²) in [5.41, 5.74) is 0. The van der Waals surface area contributed by atoms with Crippen LogP contribution in [0.1, 0.15) is 0 Å². The van der Waals surface area contributed by atoms with Crippen LogP contribution in [0.4, 0.5) is 12.7 Å². The Hall–Kier alpha value is -0.573. The molecule has 0 aliphatic rings. The molecule has 0 N–H and O–H groups in total. The third kappa shape index (κ3) is 1.93. The monoisotopic (exact) mass is 208 g/mol. The first-order chi connectivity index (χ1) is 4.73. The minimum atomic E-state index is -6.20. The van der Waals surface area contributed by atoms with Crippen molar-refractivity contribution in [1.29, 1.82) is 0 Å². The molecule has 0 spiro atoms. The first kappa shape index (κ1) is 10.4. The van der Waals surface area contributed by atoms with Crippen LogP contribution in [0.15, 0.2) is 0 Å². The van der Waals surface area contributed by atoms with Crippen molar-refractivity contribution in [3.05, 3.63) is 0 Å². The molecule has 9 heteroatoms. The Morgan fingerprint density at radius 2 is 1.82 bits per heavy atom. The highest BCUT2D eigenvalue weighted by molar-refractivity contribution is 7.88. The second kappa shape index (κ2) is 2.81. The molecule has 0 rings (SSSR count). The van der Waals surface area contributed by atoms with E-state index in [1.165, 1.54) is 0 Å². The summed E-state index contributed by atoms with van der Waals surface area (Å²) >= 11 is 0. The second-order valence-corrected chi connectivity index (χ2v) is 3.24. The molecular formula is C2H3F3O4SSi. The Kier molecular flexibility index (Phi) is 2.67. The fourth-order valence-electron chi connectivity index (χ4n) is 0.218. The van der Waals surface area contributed by atoms with Gasteiger partial charge in [0.2, 0.25) is 10.5 Å². The Morgan fingerprint density at radius 1 is 1.45 bits per heavy atom. The number of hydrogen-bond acceptors (Lipinski definition) is 4. The molecule has 0 aromatic carbocycles. The molecule has 0 aliphatic heterocycles. The summed E-state index contributed by atoms with van der Waals surface area (Å²) in [5, 5.41) is -5.07. The summed E-state index contributed by atoms with van der Waals surface area (Å²) in [5.74, 6) is -2.38. The predicted molar refractivity (Wildman–Crippen MR) is 31.0 cm³/mol. The number of halogens is 3. The Balaban J connectivity index is 4.90. The van der Waals surface area contributed by atoms with E-state index in [4.69, 9.17) is 0 Å². The van der Waals surface area contributed by atoms with Crippen LogP contribution < -0.4 is 0 Å². The van der Waals surface area contributed by atoms with E-state index < -0.39 is 31.9 Å². The number of rotatable bonds is 2. The highest BCUT2D eigenvalue weighted by Crippen LogP contribution is 2.24. The molecule has 0 bridgehead atoms. The SMILES string of the molecule is O=C(O[SiH3])C(F)(F)S(=O)(=O)F. The van der Waals surface area contributed by atoms with Crippen LogP contribution in [0.3, 0.4) is 0 Å². The van der Waals surface area contributed by atoms with Crippen LogP contribution in [0.5, 0.6) is 0 Å². The van der Waals surface area contributed by atoms with Gasteiger partial charge in [-0.25, -0.2) is 4.79 Å². The molecule has 0 aliphatic carbocycles. The van der Waals surface area contributed by atoms with Gasteiger partial charge >= 0.3 is 21.4 Å². The van der Waals surface area contributed by atoms with Crippen LogP contribution in [-0.2, 0) is 19.4 Å². The lowest BCUT2D eigenvalue weighted by Crippen LogP contribution is -2.36. The zero-order valence-electron chi connectivity index (χ0n) is 5.18. The number of hydrogen-bond donors (Lipinski definition) is 0. The van der Waals surface area contributed by atoms with Crippen molar-refractivity contribution in [3.8, 4) is 0 Å². The van der Waals surface area contributed by atoms with Gasteiger partial charge in [-0.2, -0.15) is 17.2 Å². The first-order valence-electron chi connectivity index (χ1n) is 2.14. The zero-order chi connectivity index (χ0) is 9.28. The van der Waals surface area contributed by atoms with E-state index in [1.54, 1.807) is 0 Å². The fourth-order valence-corrected chi connectivity index (χ4v) is 0.905. The van der Waals surface area contributed by atoms with Gasteiger partial charge in [-0.1, -0.05) is 3.89 Å². The maximum absolute atomic E-state index is 11.9. The Morgan fingerprint density at radius 3 is 1.91 bits per heavy atom. The smallest absolute Gasteiger partial charge is 0.468 e. The van der Waals surface area contributed by atoms with E-state index in [1.807, 2.05) is 0 Å². The zero-order valence-corrected chi connectivity index (χ0v) is 7.99. The molecule has 0 amide bonds. The molecule has 4 nitrogen and oxygen atoms in total. The molecule has 0 atom stereocenters. The van der Waals surface area contributed by atoms with Gasteiger partial charge in [0.1, 0.15) is 0 Å². The summed E-state index contributed by atoms with van der Waals surface area (Å²) in [6.07, 6.45) is 0. The van der Waals surface area contributed by atoms with Gasteiger partial charge in [0.25, 0.3) is 0 Å². The second-order valence-electron chi connectivity index (χ2n) is 1.45. The van der Waals surface area contributed by atoms with E-state index in [0.29, 0.717) is 0 Å².